The summed E-state index contributed by atoms with van der Waals surface area (Å²) >= 11 is 0. The van der Waals surface area contributed by atoms with E-state index < -0.39 is 11.7 Å². The Morgan fingerprint density at radius 3 is 2.50 bits per heavy atom. The highest BCUT2D eigenvalue weighted by Gasteiger charge is 2.30. The van der Waals surface area contributed by atoms with Crippen LogP contribution >= 0.6 is 0 Å². The van der Waals surface area contributed by atoms with Gasteiger partial charge in [-0.1, -0.05) is 19.1 Å². The Kier molecular flexibility index (Phi) is 7.40. The zero-order chi connectivity index (χ0) is 23.3. The Bertz CT molecular complexity index is 1070. The topological polar surface area (TPSA) is 65.5 Å². The van der Waals surface area contributed by atoms with Crippen molar-refractivity contribution in [3.63, 3.8) is 0 Å². The van der Waals surface area contributed by atoms with Crippen molar-refractivity contribution >= 4 is 16.7 Å². The number of anilines is 1. The number of hydrogen-bond acceptors (Lipinski definition) is 6. The molecule has 9 heteroatoms. The number of aryl methyl sites for hydroxylation is 1. The first kappa shape index (κ1) is 23.6. The van der Waals surface area contributed by atoms with E-state index in [9.17, 15) is 13.2 Å². The number of benzene rings is 2. The number of nitrogens with one attached hydrogen (secondary N) is 1. The number of hydrogen-bond donors (Lipinski definition) is 1. The lowest BCUT2D eigenvalue weighted by atomic mass is 10.1. The van der Waals surface area contributed by atoms with Crippen molar-refractivity contribution in [3.8, 4) is 11.5 Å². The summed E-state index contributed by atoms with van der Waals surface area (Å²) in [6.45, 7) is 4.32. The Morgan fingerprint density at radius 1 is 1.06 bits per heavy atom. The molecule has 1 N–H and O–H groups in total. The van der Waals surface area contributed by atoms with Gasteiger partial charge in [0.15, 0.2) is 11.5 Å². The van der Waals surface area contributed by atoms with Crippen LogP contribution in [0.1, 0.15) is 30.3 Å². The van der Waals surface area contributed by atoms with E-state index in [1.165, 1.54) is 6.07 Å². The highest BCUT2D eigenvalue weighted by molar-refractivity contribution is 5.91. The van der Waals surface area contributed by atoms with E-state index in [1.54, 1.807) is 39.3 Å². The first-order valence-corrected chi connectivity index (χ1v) is 10.2. The Balaban J connectivity index is 1.95. The van der Waals surface area contributed by atoms with E-state index in [0.29, 0.717) is 46.2 Å². The van der Waals surface area contributed by atoms with E-state index in [2.05, 4.69) is 15.3 Å². The molecule has 0 radical (unpaired) electrons. The third kappa shape index (κ3) is 5.59. The quantitative estimate of drug-likeness (QED) is 0.473. The summed E-state index contributed by atoms with van der Waals surface area (Å²) in [5.74, 6) is 2.05. The molecule has 0 amide bonds. The third-order valence-corrected chi connectivity index (χ3v) is 4.91. The third-order valence-electron chi connectivity index (χ3n) is 4.91. The average Bonchev–Trinajstić information content (AvgIpc) is 2.76. The number of aromatic nitrogens is 2. The minimum Gasteiger partial charge on any atom is -0.493 e. The van der Waals surface area contributed by atoms with E-state index in [1.807, 2.05) is 6.92 Å². The van der Waals surface area contributed by atoms with Crippen LogP contribution < -0.4 is 14.8 Å². The fourth-order valence-electron chi connectivity index (χ4n) is 3.28. The predicted molar refractivity (Wildman–Crippen MR) is 116 cm³/mol. The minimum absolute atomic E-state index is 0.166. The molecule has 1 heterocycles. The number of halogens is 3. The van der Waals surface area contributed by atoms with Crippen LogP contribution in [0, 0.1) is 6.92 Å². The van der Waals surface area contributed by atoms with Gasteiger partial charge < -0.3 is 19.5 Å². The van der Waals surface area contributed by atoms with E-state index in [0.717, 1.165) is 18.6 Å². The summed E-state index contributed by atoms with van der Waals surface area (Å²) < 4.78 is 55.8. The van der Waals surface area contributed by atoms with Crippen LogP contribution in [0.15, 0.2) is 36.4 Å². The molecule has 6 nitrogen and oxygen atoms in total. The molecule has 1 aromatic heterocycles. The number of ether oxygens (including phenoxy) is 3. The molecule has 32 heavy (non-hydrogen) atoms. The van der Waals surface area contributed by atoms with Crippen LogP contribution in [-0.2, 0) is 17.5 Å². The van der Waals surface area contributed by atoms with E-state index in [4.69, 9.17) is 14.2 Å². The number of methoxy groups -OCH3 is 2. The molecule has 3 rings (SSSR count). The molecular weight excluding hydrogens is 423 g/mol. The van der Waals surface area contributed by atoms with Gasteiger partial charge in [-0.2, -0.15) is 13.2 Å². The molecular formula is C23H26F3N3O3. The van der Waals surface area contributed by atoms with Crippen molar-refractivity contribution in [1.29, 1.82) is 0 Å². The van der Waals surface area contributed by atoms with Crippen LogP contribution in [0.25, 0.3) is 10.9 Å². The average molecular weight is 449 g/mol. The lowest BCUT2D eigenvalue weighted by Crippen LogP contribution is -2.21. The number of alkyl halides is 3. The molecule has 0 saturated heterocycles. The van der Waals surface area contributed by atoms with Crippen molar-refractivity contribution in [2.75, 3.05) is 26.1 Å². The van der Waals surface area contributed by atoms with Gasteiger partial charge in [0.1, 0.15) is 17.7 Å². The first-order valence-electron chi connectivity index (χ1n) is 10.2. The van der Waals surface area contributed by atoms with Crippen molar-refractivity contribution in [1.82, 2.24) is 9.97 Å². The van der Waals surface area contributed by atoms with E-state index in [-0.39, 0.29) is 12.6 Å². The van der Waals surface area contributed by atoms with Gasteiger partial charge in [0.05, 0.1) is 24.8 Å². The van der Waals surface area contributed by atoms with Crippen LogP contribution in [-0.4, -0.2) is 36.9 Å². The maximum absolute atomic E-state index is 13.0. The summed E-state index contributed by atoms with van der Waals surface area (Å²) in [7, 11) is 3.15. The fourth-order valence-corrected chi connectivity index (χ4v) is 3.28. The second-order valence-corrected chi connectivity index (χ2v) is 7.29. The van der Waals surface area contributed by atoms with Gasteiger partial charge in [-0.15, -0.1) is 0 Å². The van der Waals surface area contributed by atoms with Gasteiger partial charge in [-0.05, 0) is 37.1 Å². The highest BCUT2D eigenvalue weighted by Crippen LogP contribution is 2.35. The standard InChI is InChI=1S/C23H26F3N3O3/c1-5-17(13-30-3)32-21-10-18-19(11-20(21)31-4)28-14(2)29-22(18)27-12-15-7-6-8-16(9-15)23(24,25)26/h6-11,17H,5,12-13H2,1-4H3,(H,27,28,29). The molecule has 3 aromatic rings. The Hall–Kier alpha value is -3.07. The van der Waals surface area contributed by atoms with Crippen LogP contribution in [0.4, 0.5) is 19.0 Å². The molecule has 0 aliphatic carbocycles. The molecule has 0 spiro atoms. The molecule has 1 atom stereocenters. The van der Waals surface area contributed by atoms with Gasteiger partial charge in [0, 0.05) is 25.1 Å². The van der Waals surface area contributed by atoms with Gasteiger partial charge in [-0.3, -0.25) is 0 Å². The SMILES string of the molecule is CCC(COC)Oc1cc2c(NCc3cccc(C(F)(F)F)c3)nc(C)nc2cc1OC. The van der Waals surface area contributed by atoms with Crippen LogP contribution in [0.2, 0.25) is 0 Å². The number of rotatable bonds is 9. The maximum atomic E-state index is 13.0. The predicted octanol–water partition coefficient (Wildman–Crippen LogP) is 5.38. The fraction of sp³-hybridized carbons (Fsp3) is 0.391. The van der Waals surface area contributed by atoms with Gasteiger partial charge in [0.2, 0.25) is 0 Å². The van der Waals surface area contributed by atoms with Gasteiger partial charge >= 0.3 is 6.18 Å². The molecule has 172 valence electrons. The van der Waals surface area contributed by atoms with Crippen molar-refractivity contribution in [2.45, 2.75) is 39.1 Å². The monoisotopic (exact) mass is 449 g/mol. The molecule has 0 saturated carbocycles. The maximum Gasteiger partial charge on any atom is 0.416 e. The van der Waals surface area contributed by atoms with Crippen LogP contribution in [0.3, 0.4) is 0 Å². The number of fused-ring (bicyclic) bond motifs is 1. The molecule has 0 aliphatic rings. The van der Waals surface area contributed by atoms with E-state index >= 15 is 0 Å². The normalized spacial score (nSPS) is 12.6. The molecule has 1 unspecified atom stereocenters. The molecule has 0 fully saturated rings. The lowest BCUT2D eigenvalue weighted by molar-refractivity contribution is -0.137. The van der Waals surface area contributed by atoms with Crippen LogP contribution in [0.5, 0.6) is 11.5 Å². The second kappa shape index (κ2) is 10.0. The Labute approximate surface area is 184 Å². The van der Waals surface area contributed by atoms with Gasteiger partial charge in [0.25, 0.3) is 0 Å². The van der Waals surface area contributed by atoms with Crippen molar-refractivity contribution < 1.29 is 27.4 Å². The number of nitrogens with zero attached hydrogens (tertiary/aromatic N) is 2. The summed E-state index contributed by atoms with van der Waals surface area (Å²) in [5, 5.41) is 3.81. The summed E-state index contributed by atoms with van der Waals surface area (Å²) in [6.07, 6.45) is -3.83. The molecule has 2 aromatic carbocycles. The minimum atomic E-state index is -4.39. The summed E-state index contributed by atoms with van der Waals surface area (Å²) in [6, 6.07) is 8.73. The smallest absolute Gasteiger partial charge is 0.416 e. The van der Waals surface area contributed by atoms with Gasteiger partial charge in [-0.25, -0.2) is 9.97 Å². The molecule has 0 aliphatic heterocycles. The summed E-state index contributed by atoms with van der Waals surface area (Å²) in [5.41, 5.74) is 0.429. The summed E-state index contributed by atoms with van der Waals surface area (Å²) in [4.78, 5) is 8.92. The van der Waals surface area contributed by atoms with Crippen molar-refractivity contribution in [3.05, 3.63) is 53.3 Å². The Morgan fingerprint density at radius 2 is 1.84 bits per heavy atom. The van der Waals surface area contributed by atoms with Crippen molar-refractivity contribution in [2.24, 2.45) is 0 Å². The lowest BCUT2D eigenvalue weighted by Gasteiger charge is -2.20. The zero-order valence-electron chi connectivity index (χ0n) is 18.4. The largest absolute Gasteiger partial charge is 0.493 e. The molecule has 0 bridgehead atoms. The zero-order valence-corrected chi connectivity index (χ0v) is 18.4. The highest BCUT2D eigenvalue weighted by atomic mass is 19.4. The second-order valence-electron chi connectivity index (χ2n) is 7.29. The first-order chi connectivity index (χ1) is 15.2.